The Hall–Kier alpha value is -2.57. The van der Waals surface area contributed by atoms with Crippen LogP contribution in [0.2, 0.25) is 0 Å². The Labute approximate surface area is 148 Å². The van der Waals surface area contributed by atoms with Crippen LogP contribution in [-0.2, 0) is 6.18 Å². The number of hydrogen-bond acceptors (Lipinski definition) is 2. The molecule has 0 unspecified atom stereocenters. The number of alkyl halides is 3. The van der Waals surface area contributed by atoms with Crippen LogP contribution in [0.4, 0.5) is 23.2 Å². The van der Waals surface area contributed by atoms with E-state index in [0.717, 1.165) is 12.1 Å². The first-order valence-corrected chi connectivity index (χ1v) is 8.31. The number of carbonyl (C=O) groups excluding carboxylic acids is 1. The highest BCUT2D eigenvalue weighted by Gasteiger charge is 2.30. The third kappa shape index (κ3) is 4.33. The van der Waals surface area contributed by atoms with E-state index in [2.05, 4.69) is 5.32 Å². The summed E-state index contributed by atoms with van der Waals surface area (Å²) < 4.78 is 51.3. The number of nitrogens with zero attached hydrogens (tertiary/aromatic N) is 1. The van der Waals surface area contributed by atoms with Crippen molar-refractivity contribution in [1.29, 1.82) is 0 Å². The zero-order valence-electron chi connectivity index (χ0n) is 13.9. The van der Waals surface area contributed by atoms with Crippen LogP contribution in [0.25, 0.3) is 0 Å². The van der Waals surface area contributed by atoms with Gasteiger partial charge in [-0.2, -0.15) is 13.2 Å². The molecule has 1 aliphatic rings. The number of rotatable bonds is 3. The summed E-state index contributed by atoms with van der Waals surface area (Å²) in [5, 5.41) is 3.11. The van der Waals surface area contributed by atoms with Gasteiger partial charge in [0.1, 0.15) is 5.82 Å². The number of halogens is 4. The van der Waals surface area contributed by atoms with Gasteiger partial charge in [-0.05, 0) is 55.3 Å². The third-order valence-electron chi connectivity index (χ3n) is 4.43. The van der Waals surface area contributed by atoms with E-state index in [4.69, 9.17) is 0 Å². The van der Waals surface area contributed by atoms with Crippen molar-refractivity contribution in [3.8, 4) is 0 Å². The first-order chi connectivity index (χ1) is 12.3. The standard InChI is InChI=1S/C19H18F4N2O/c20-15-6-4-13(5-7-15)18(26)25-10-8-16(9-11-25)24-17-3-1-2-14(12-17)19(21,22)23/h1-7,12,16,24H,8-11H2. The van der Waals surface area contributed by atoms with Crippen LogP contribution in [0, 0.1) is 5.82 Å². The first-order valence-electron chi connectivity index (χ1n) is 8.31. The number of amides is 1. The fourth-order valence-corrected chi connectivity index (χ4v) is 3.02. The lowest BCUT2D eigenvalue weighted by molar-refractivity contribution is -0.137. The van der Waals surface area contributed by atoms with Crippen molar-refractivity contribution in [2.24, 2.45) is 0 Å². The predicted molar refractivity (Wildman–Crippen MR) is 90.4 cm³/mol. The SMILES string of the molecule is O=C(c1ccc(F)cc1)N1CCC(Nc2cccc(C(F)(F)F)c2)CC1. The van der Waals surface area contributed by atoms with Crippen molar-refractivity contribution in [1.82, 2.24) is 4.90 Å². The predicted octanol–water partition coefficient (Wildman–Crippen LogP) is 4.56. The van der Waals surface area contributed by atoms with E-state index in [1.807, 2.05) is 0 Å². The van der Waals surface area contributed by atoms with Gasteiger partial charge in [0.05, 0.1) is 5.56 Å². The third-order valence-corrected chi connectivity index (χ3v) is 4.43. The van der Waals surface area contributed by atoms with Gasteiger partial charge >= 0.3 is 6.18 Å². The summed E-state index contributed by atoms with van der Waals surface area (Å²) in [5.41, 5.74) is 0.158. The number of anilines is 1. The van der Waals surface area contributed by atoms with Gasteiger partial charge in [0.25, 0.3) is 5.91 Å². The van der Waals surface area contributed by atoms with Crippen LogP contribution < -0.4 is 5.32 Å². The molecule has 1 fully saturated rings. The fourth-order valence-electron chi connectivity index (χ4n) is 3.02. The minimum Gasteiger partial charge on any atom is -0.382 e. The molecule has 0 aromatic heterocycles. The van der Waals surface area contributed by atoms with E-state index in [-0.39, 0.29) is 11.9 Å². The summed E-state index contributed by atoms with van der Waals surface area (Å²) in [4.78, 5) is 14.1. The molecule has 0 radical (unpaired) electrons. The average molecular weight is 366 g/mol. The van der Waals surface area contributed by atoms with E-state index in [9.17, 15) is 22.4 Å². The number of hydrogen-bond donors (Lipinski definition) is 1. The van der Waals surface area contributed by atoms with E-state index < -0.39 is 17.6 Å². The molecule has 2 aromatic carbocycles. The Kier molecular flexibility index (Phi) is 5.15. The Balaban J connectivity index is 1.57. The van der Waals surface area contributed by atoms with Gasteiger partial charge in [0.15, 0.2) is 0 Å². The highest BCUT2D eigenvalue weighted by atomic mass is 19.4. The Morgan fingerprint density at radius 3 is 2.31 bits per heavy atom. The topological polar surface area (TPSA) is 32.3 Å². The van der Waals surface area contributed by atoms with Crippen LogP contribution in [-0.4, -0.2) is 29.9 Å². The molecule has 0 spiro atoms. The smallest absolute Gasteiger partial charge is 0.382 e. The van der Waals surface area contributed by atoms with Crippen molar-refractivity contribution < 1.29 is 22.4 Å². The van der Waals surface area contributed by atoms with Crippen molar-refractivity contribution >= 4 is 11.6 Å². The summed E-state index contributed by atoms with van der Waals surface area (Å²) in [7, 11) is 0. The van der Waals surface area contributed by atoms with Crippen molar-refractivity contribution in [3.05, 3.63) is 65.5 Å². The van der Waals surface area contributed by atoms with E-state index in [1.165, 1.54) is 30.3 Å². The quantitative estimate of drug-likeness (QED) is 0.808. The van der Waals surface area contributed by atoms with Crippen molar-refractivity contribution in [2.45, 2.75) is 25.1 Å². The van der Waals surface area contributed by atoms with Crippen LogP contribution in [0.15, 0.2) is 48.5 Å². The molecule has 2 aromatic rings. The van der Waals surface area contributed by atoms with Crippen LogP contribution in [0.1, 0.15) is 28.8 Å². The zero-order chi connectivity index (χ0) is 18.7. The van der Waals surface area contributed by atoms with Crippen LogP contribution in [0.5, 0.6) is 0 Å². The second kappa shape index (κ2) is 7.35. The van der Waals surface area contributed by atoms with Gasteiger partial charge in [-0.1, -0.05) is 6.07 Å². The van der Waals surface area contributed by atoms with Crippen LogP contribution >= 0.6 is 0 Å². The van der Waals surface area contributed by atoms with Gasteiger partial charge in [0, 0.05) is 30.4 Å². The highest BCUT2D eigenvalue weighted by Crippen LogP contribution is 2.31. The fraction of sp³-hybridized carbons (Fsp3) is 0.316. The van der Waals surface area contributed by atoms with E-state index in [1.54, 1.807) is 11.0 Å². The Morgan fingerprint density at radius 2 is 1.69 bits per heavy atom. The molecular formula is C19H18F4N2O. The molecule has 1 N–H and O–H groups in total. The lowest BCUT2D eigenvalue weighted by Gasteiger charge is -2.33. The summed E-state index contributed by atoms with van der Waals surface area (Å²) in [5.74, 6) is -0.562. The van der Waals surface area contributed by atoms with Crippen molar-refractivity contribution in [3.63, 3.8) is 0 Å². The van der Waals surface area contributed by atoms with E-state index in [0.29, 0.717) is 37.2 Å². The molecule has 0 bridgehead atoms. The van der Waals surface area contributed by atoms with Gasteiger partial charge in [0.2, 0.25) is 0 Å². The molecule has 26 heavy (non-hydrogen) atoms. The summed E-state index contributed by atoms with van der Waals surface area (Å²) in [6.07, 6.45) is -3.12. The second-order valence-corrected chi connectivity index (χ2v) is 6.30. The number of piperidine rings is 1. The molecule has 0 aliphatic carbocycles. The molecule has 1 saturated heterocycles. The first kappa shape index (κ1) is 18.2. The number of benzene rings is 2. The minimum atomic E-state index is -4.37. The Morgan fingerprint density at radius 1 is 1.04 bits per heavy atom. The summed E-state index contributed by atoms with van der Waals surface area (Å²) >= 11 is 0. The molecule has 3 rings (SSSR count). The van der Waals surface area contributed by atoms with Crippen LogP contribution in [0.3, 0.4) is 0 Å². The van der Waals surface area contributed by atoms with E-state index >= 15 is 0 Å². The summed E-state index contributed by atoms with van der Waals surface area (Å²) in [6.45, 7) is 0.986. The lowest BCUT2D eigenvalue weighted by Crippen LogP contribution is -2.42. The maximum absolute atomic E-state index is 12.9. The number of carbonyl (C=O) groups is 1. The average Bonchev–Trinajstić information content (AvgIpc) is 2.62. The molecular weight excluding hydrogens is 348 g/mol. The Bertz CT molecular complexity index is 766. The minimum absolute atomic E-state index is 0.00393. The number of nitrogens with one attached hydrogen (secondary N) is 1. The molecule has 138 valence electrons. The summed E-state index contributed by atoms with van der Waals surface area (Å²) in [6, 6.07) is 10.5. The monoisotopic (exact) mass is 366 g/mol. The maximum atomic E-state index is 12.9. The molecule has 7 heteroatoms. The lowest BCUT2D eigenvalue weighted by atomic mass is 10.0. The van der Waals surface area contributed by atoms with Gasteiger partial charge in [-0.3, -0.25) is 4.79 Å². The van der Waals surface area contributed by atoms with Gasteiger partial charge in [-0.25, -0.2) is 4.39 Å². The second-order valence-electron chi connectivity index (χ2n) is 6.30. The molecule has 1 aliphatic heterocycles. The van der Waals surface area contributed by atoms with Crippen molar-refractivity contribution in [2.75, 3.05) is 18.4 Å². The van der Waals surface area contributed by atoms with Gasteiger partial charge in [-0.15, -0.1) is 0 Å². The zero-order valence-corrected chi connectivity index (χ0v) is 13.9. The molecule has 0 atom stereocenters. The van der Waals surface area contributed by atoms with Gasteiger partial charge < -0.3 is 10.2 Å². The largest absolute Gasteiger partial charge is 0.416 e. The number of likely N-dealkylation sites (tertiary alicyclic amines) is 1. The highest BCUT2D eigenvalue weighted by molar-refractivity contribution is 5.94. The molecule has 3 nitrogen and oxygen atoms in total. The normalized spacial score (nSPS) is 15.8. The molecule has 1 amide bonds. The maximum Gasteiger partial charge on any atom is 0.416 e. The molecule has 0 saturated carbocycles. The molecule has 1 heterocycles.